The van der Waals surface area contributed by atoms with Gasteiger partial charge in [0.15, 0.2) is 11.6 Å². The van der Waals surface area contributed by atoms with E-state index in [1.54, 1.807) is 19.2 Å². The lowest BCUT2D eigenvalue weighted by Gasteiger charge is -2.31. The van der Waals surface area contributed by atoms with Crippen LogP contribution in [0.25, 0.3) is 22.2 Å². The molecule has 1 aliphatic rings. The quantitative estimate of drug-likeness (QED) is 0.256. The smallest absolute Gasteiger partial charge is 0.263 e. The molecule has 9 nitrogen and oxygen atoms in total. The van der Waals surface area contributed by atoms with E-state index in [0.29, 0.717) is 37.2 Å². The highest BCUT2D eigenvalue weighted by molar-refractivity contribution is 5.94. The number of amides is 2. The molecular formula is C34H31F2N5O4. The maximum Gasteiger partial charge on any atom is 0.263 e. The highest BCUT2D eigenvalue weighted by Gasteiger charge is 2.23. The fraction of sp³-hybridized carbons (Fsp3) is 0.235. The van der Waals surface area contributed by atoms with Crippen molar-refractivity contribution in [3.63, 3.8) is 0 Å². The van der Waals surface area contributed by atoms with Gasteiger partial charge in [-0.2, -0.15) is 0 Å². The Morgan fingerprint density at radius 2 is 1.84 bits per heavy atom. The lowest BCUT2D eigenvalue weighted by molar-refractivity contribution is -0.130. The number of ether oxygens (including phenoxy) is 1. The van der Waals surface area contributed by atoms with E-state index in [9.17, 15) is 23.2 Å². The Morgan fingerprint density at radius 1 is 1.02 bits per heavy atom. The van der Waals surface area contributed by atoms with Gasteiger partial charge in [-0.15, -0.1) is 0 Å². The number of aromatic nitrogens is 3. The van der Waals surface area contributed by atoms with Crippen molar-refractivity contribution in [1.82, 2.24) is 24.8 Å². The molecule has 1 fully saturated rings. The summed E-state index contributed by atoms with van der Waals surface area (Å²) >= 11 is 0. The van der Waals surface area contributed by atoms with Crippen molar-refractivity contribution in [2.45, 2.75) is 39.0 Å². The molecule has 0 unspecified atom stereocenters. The first-order valence-electron chi connectivity index (χ1n) is 14.7. The summed E-state index contributed by atoms with van der Waals surface area (Å²) in [5.41, 5.74) is 3.05. The largest absolute Gasteiger partial charge is 0.490 e. The zero-order valence-corrected chi connectivity index (χ0v) is 24.6. The van der Waals surface area contributed by atoms with Gasteiger partial charge in [0, 0.05) is 68.9 Å². The Hall–Kier alpha value is -5.32. The number of fused-ring (bicyclic) bond motifs is 1. The summed E-state index contributed by atoms with van der Waals surface area (Å²) in [6.45, 7) is 2.91. The number of carbonyl (C=O) groups excluding carboxylic acids is 2. The third-order valence-electron chi connectivity index (χ3n) is 7.97. The Bertz CT molecular complexity index is 1940. The molecular weight excluding hydrogens is 580 g/mol. The van der Waals surface area contributed by atoms with Crippen LogP contribution in [0, 0.1) is 11.6 Å². The number of hydrogen-bond acceptors (Lipinski definition) is 5. The number of carbonyl (C=O) groups is 2. The summed E-state index contributed by atoms with van der Waals surface area (Å²) in [5, 5.41) is 3.78. The molecule has 11 heteroatoms. The van der Waals surface area contributed by atoms with Crippen LogP contribution in [-0.4, -0.2) is 50.4 Å². The average Bonchev–Trinajstić information content (AvgIpc) is 3.47. The number of benzene rings is 2. The lowest BCUT2D eigenvalue weighted by atomic mass is 10.0. The molecule has 1 aliphatic heterocycles. The van der Waals surface area contributed by atoms with E-state index in [0.717, 1.165) is 39.9 Å². The summed E-state index contributed by atoms with van der Waals surface area (Å²) in [5.74, 6) is -1.87. The molecule has 0 spiro atoms. The minimum Gasteiger partial charge on any atom is -0.490 e. The number of hydrogen-bond donors (Lipinski definition) is 2. The number of rotatable bonds is 8. The van der Waals surface area contributed by atoms with Crippen molar-refractivity contribution < 1.29 is 23.1 Å². The van der Waals surface area contributed by atoms with Gasteiger partial charge in [-0.05, 0) is 71.3 Å². The number of pyridine rings is 2. The first-order chi connectivity index (χ1) is 21.7. The Labute approximate surface area is 257 Å². The van der Waals surface area contributed by atoms with Crippen molar-refractivity contribution in [1.29, 1.82) is 0 Å². The van der Waals surface area contributed by atoms with Crippen molar-refractivity contribution >= 4 is 22.8 Å². The molecule has 0 radical (unpaired) electrons. The van der Waals surface area contributed by atoms with Gasteiger partial charge in [-0.3, -0.25) is 14.4 Å². The van der Waals surface area contributed by atoms with Crippen molar-refractivity contribution in [3.05, 3.63) is 118 Å². The van der Waals surface area contributed by atoms with Crippen LogP contribution in [0.1, 0.15) is 41.3 Å². The van der Waals surface area contributed by atoms with E-state index in [1.165, 1.54) is 22.9 Å². The Balaban J connectivity index is 1.23. The molecule has 2 aromatic carbocycles. The first-order valence-corrected chi connectivity index (χ1v) is 14.7. The van der Waals surface area contributed by atoms with Crippen molar-refractivity contribution in [3.8, 4) is 16.9 Å². The minimum atomic E-state index is -1.01. The molecule has 3 aromatic heterocycles. The molecule has 2 N–H and O–H groups in total. The molecule has 45 heavy (non-hydrogen) atoms. The summed E-state index contributed by atoms with van der Waals surface area (Å²) < 4.78 is 34.7. The molecule has 5 aromatic rings. The standard InChI is InChI=1S/C34H31F2N5O4/c1-21(42)40-12-8-25(9-13-40)45-26-15-23(14-24(17-26)29-19-38-32-27(29)4-2-10-37-32)18-39-33(43)28-5-3-11-41(34(28)44)20-22-6-7-30(35)31(36)16-22/h2-7,10-11,14-17,19,25H,8-9,12-13,18,20H2,1H3,(H,37,38)(H,39,43). The normalized spacial score (nSPS) is 13.6. The van der Waals surface area contributed by atoms with E-state index < -0.39 is 23.1 Å². The van der Waals surface area contributed by atoms with Gasteiger partial charge in [0.25, 0.3) is 11.5 Å². The monoisotopic (exact) mass is 611 g/mol. The number of halogens is 2. The Kier molecular flexibility index (Phi) is 8.41. The van der Waals surface area contributed by atoms with Gasteiger partial charge in [0.05, 0.1) is 6.54 Å². The topological polar surface area (TPSA) is 109 Å². The predicted molar refractivity (Wildman–Crippen MR) is 165 cm³/mol. The number of nitrogens with zero attached hydrogens (tertiary/aromatic N) is 3. The molecule has 0 saturated carbocycles. The van der Waals surface area contributed by atoms with Gasteiger partial charge in [-0.25, -0.2) is 13.8 Å². The van der Waals surface area contributed by atoms with Crippen LogP contribution in [0.2, 0.25) is 0 Å². The lowest BCUT2D eigenvalue weighted by Crippen LogP contribution is -2.40. The number of piperidine rings is 1. The molecule has 1 saturated heterocycles. The van der Waals surface area contributed by atoms with Crippen LogP contribution in [0.15, 0.2) is 84.0 Å². The summed E-state index contributed by atoms with van der Waals surface area (Å²) in [6, 6.07) is 16.0. The van der Waals surface area contributed by atoms with Gasteiger partial charge < -0.3 is 24.5 Å². The molecule has 230 valence electrons. The molecule has 2 amide bonds. The minimum absolute atomic E-state index is 0.0231. The fourth-order valence-corrected chi connectivity index (χ4v) is 5.61. The van der Waals surface area contributed by atoms with E-state index in [2.05, 4.69) is 15.3 Å². The van der Waals surface area contributed by atoms with Crippen LogP contribution in [0.3, 0.4) is 0 Å². The van der Waals surface area contributed by atoms with E-state index >= 15 is 0 Å². The summed E-state index contributed by atoms with van der Waals surface area (Å²) in [4.78, 5) is 47.5. The molecule has 0 atom stereocenters. The van der Waals surface area contributed by atoms with Crippen LogP contribution in [0.5, 0.6) is 5.75 Å². The molecule has 4 heterocycles. The summed E-state index contributed by atoms with van der Waals surface area (Å²) in [7, 11) is 0. The third kappa shape index (κ3) is 6.62. The maximum absolute atomic E-state index is 13.7. The van der Waals surface area contributed by atoms with Crippen molar-refractivity contribution in [2.75, 3.05) is 13.1 Å². The van der Waals surface area contributed by atoms with E-state index in [1.807, 2.05) is 41.4 Å². The highest BCUT2D eigenvalue weighted by atomic mass is 19.2. The van der Waals surface area contributed by atoms with E-state index in [-0.39, 0.29) is 30.7 Å². The molecule has 0 aliphatic carbocycles. The van der Waals surface area contributed by atoms with E-state index in [4.69, 9.17) is 4.74 Å². The van der Waals surface area contributed by atoms with Gasteiger partial charge >= 0.3 is 0 Å². The van der Waals surface area contributed by atoms with Crippen LogP contribution in [0.4, 0.5) is 8.78 Å². The summed E-state index contributed by atoms with van der Waals surface area (Å²) in [6.07, 6.45) is 6.43. The van der Waals surface area contributed by atoms with Gasteiger partial charge in [0.2, 0.25) is 5.91 Å². The number of nitrogens with one attached hydrogen (secondary N) is 2. The maximum atomic E-state index is 13.7. The fourth-order valence-electron chi connectivity index (χ4n) is 5.61. The van der Waals surface area contributed by atoms with Crippen LogP contribution < -0.4 is 15.6 Å². The second-order valence-corrected chi connectivity index (χ2v) is 11.1. The SMILES string of the molecule is CC(=O)N1CCC(Oc2cc(CNC(=O)c3cccn(Cc4ccc(F)c(F)c4)c3=O)cc(-c3c[nH]c4ncccc34)c2)CC1. The number of likely N-dealkylation sites (tertiary alicyclic amines) is 1. The van der Waals surface area contributed by atoms with Crippen LogP contribution in [-0.2, 0) is 17.9 Å². The molecule has 6 rings (SSSR count). The molecule has 0 bridgehead atoms. The second kappa shape index (κ2) is 12.7. The predicted octanol–water partition coefficient (Wildman–Crippen LogP) is 5.04. The van der Waals surface area contributed by atoms with Crippen molar-refractivity contribution in [2.24, 2.45) is 0 Å². The zero-order valence-electron chi connectivity index (χ0n) is 24.6. The van der Waals surface area contributed by atoms with Gasteiger partial charge in [0.1, 0.15) is 23.1 Å². The average molecular weight is 612 g/mol. The number of aromatic amines is 1. The third-order valence-corrected chi connectivity index (χ3v) is 7.97. The number of H-pyrrole nitrogens is 1. The highest BCUT2D eigenvalue weighted by Crippen LogP contribution is 2.32. The second-order valence-electron chi connectivity index (χ2n) is 11.1. The van der Waals surface area contributed by atoms with Crippen LogP contribution >= 0.6 is 0 Å². The zero-order chi connectivity index (χ0) is 31.5. The van der Waals surface area contributed by atoms with Gasteiger partial charge in [-0.1, -0.05) is 6.07 Å². The first kappa shape index (κ1) is 29.7. The Morgan fingerprint density at radius 3 is 2.62 bits per heavy atom.